The van der Waals surface area contributed by atoms with Gasteiger partial charge in [0.05, 0.1) is 6.07 Å². The van der Waals surface area contributed by atoms with Gasteiger partial charge in [0.2, 0.25) is 0 Å². The van der Waals surface area contributed by atoms with E-state index in [0.29, 0.717) is 5.75 Å². The number of nitriles is 1. The van der Waals surface area contributed by atoms with E-state index >= 15 is 0 Å². The quantitative estimate of drug-likeness (QED) is 0.832. The summed E-state index contributed by atoms with van der Waals surface area (Å²) in [5.74, 6) is 0.309. The zero-order valence-corrected chi connectivity index (χ0v) is 11.5. The number of rotatable bonds is 5. The molecule has 0 amide bonds. The van der Waals surface area contributed by atoms with Crippen LogP contribution in [0.1, 0.15) is 22.7 Å². The van der Waals surface area contributed by atoms with Gasteiger partial charge in [0, 0.05) is 13.1 Å². The third kappa shape index (κ3) is 3.73. The summed E-state index contributed by atoms with van der Waals surface area (Å²) < 4.78 is 0. The number of nitrogens with one attached hydrogen (secondary N) is 1. The van der Waals surface area contributed by atoms with Crippen molar-refractivity contribution >= 4 is 0 Å². The highest BCUT2D eigenvalue weighted by Gasteiger charge is 2.12. The molecule has 0 bridgehead atoms. The van der Waals surface area contributed by atoms with Gasteiger partial charge in [-0.15, -0.1) is 0 Å². The molecule has 4 heteroatoms. The van der Waals surface area contributed by atoms with Crippen LogP contribution < -0.4 is 5.32 Å². The summed E-state index contributed by atoms with van der Waals surface area (Å²) in [6.45, 7) is 5.33. The topological polar surface area (TPSA) is 59.3 Å². The molecule has 0 saturated carbocycles. The Morgan fingerprint density at radius 1 is 1.33 bits per heavy atom. The summed E-state index contributed by atoms with van der Waals surface area (Å²) in [6, 6.07) is 5.64. The summed E-state index contributed by atoms with van der Waals surface area (Å²) in [5, 5.41) is 22.1. The molecular formula is C14H21N3O. The minimum atomic E-state index is -0.331. The standard InChI is InChI=1S/C14H21N3O/c1-10-7-12(8-11(2)14(10)18)13(9-15)16-5-6-17(3)4/h7-8,13,16,18H,5-6H2,1-4H3. The van der Waals surface area contributed by atoms with Crippen LogP contribution in [0.2, 0.25) is 0 Å². The number of aryl methyl sites for hydroxylation is 2. The number of aromatic hydroxyl groups is 1. The van der Waals surface area contributed by atoms with Crippen molar-refractivity contribution in [2.45, 2.75) is 19.9 Å². The molecule has 98 valence electrons. The highest BCUT2D eigenvalue weighted by Crippen LogP contribution is 2.25. The first-order chi connectivity index (χ1) is 8.45. The summed E-state index contributed by atoms with van der Waals surface area (Å²) in [6.07, 6.45) is 0. The fraction of sp³-hybridized carbons (Fsp3) is 0.500. The molecule has 0 aliphatic carbocycles. The number of benzene rings is 1. The Balaban J connectivity index is 2.80. The number of hydrogen-bond acceptors (Lipinski definition) is 4. The van der Waals surface area contributed by atoms with E-state index in [1.54, 1.807) is 0 Å². The van der Waals surface area contributed by atoms with Gasteiger partial charge in [-0.1, -0.05) is 0 Å². The molecule has 0 aromatic heterocycles. The van der Waals surface area contributed by atoms with Crippen LogP contribution >= 0.6 is 0 Å². The molecule has 0 aliphatic rings. The van der Waals surface area contributed by atoms with E-state index in [9.17, 15) is 10.4 Å². The van der Waals surface area contributed by atoms with E-state index in [0.717, 1.165) is 29.8 Å². The first-order valence-corrected chi connectivity index (χ1v) is 6.03. The molecule has 0 fully saturated rings. The Morgan fingerprint density at radius 2 is 1.89 bits per heavy atom. The first-order valence-electron chi connectivity index (χ1n) is 6.03. The Morgan fingerprint density at radius 3 is 2.33 bits per heavy atom. The van der Waals surface area contributed by atoms with E-state index in [-0.39, 0.29) is 6.04 Å². The average Bonchev–Trinajstić information content (AvgIpc) is 2.30. The maximum absolute atomic E-state index is 9.72. The lowest BCUT2D eigenvalue weighted by atomic mass is 10.0. The van der Waals surface area contributed by atoms with Crippen LogP contribution in [0, 0.1) is 25.2 Å². The van der Waals surface area contributed by atoms with Crippen LogP contribution in [0.3, 0.4) is 0 Å². The lowest BCUT2D eigenvalue weighted by Gasteiger charge is -2.16. The molecule has 0 saturated heterocycles. The second kappa shape index (κ2) is 6.39. The van der Waals surface area contributed by atoms with Gasteiger partial charge in [-0.2, -0.15) is 5.26 Å². The van der Waals surface area contributed by atoms with Gasteiger partial charge in [0.25, 0.3) is 0 Å². The van der Waals surface area contributed by atoms with Crippen molar-refractivity contribution in [3.05, 3.63) is 28.8 Å². The van der Waals surface area contributed by atoms with Crippen molar-refractivity contribution in [1.29, 1.82) is 5.26 Å². The van der Waals surface area contributed by atoms with Gasteiger partial charge in [-0.25, -0.2) is 0 Å². The Labute approximate surface area is 109 Å². The van der Waals surface area contributed by atoms with Gasteiger partial charge in [-0.3, -0.25) is 5.32 Å². The normalized spacial score (nSPS) is 12.4. The molecule has 1 rings (SSSR count). The van der Waals surface area contributed by atoms with Gasteiger partial charge in [0.15, 0.2) is 0 Å². The second-order valence-electron chi connectivity index (χ2n) is 4.82. The maximum atomic E-state index is 9.72. The van der Waals surface area contributed by atoms with Crippen molar-refractivity contribution in [3.8, 4) is 11.8 Å². The molecule has 0 spiro atoms. The van der Waals surface area contributed by atoms with Gasteiger partial charge < -0.3 is 10.0 Å². The third-order valence-corrected chi connectivity index (χ3v) is 2.88. The second-order valence-corrected chi connectivity index (χ2v) is 4.82. The minimum Gasteiger partial charge on any atom is -0.507 e. The lowest BCUT2D eigenvalue weighted by molar-refractivity contribution is 0.395. The van der Waals surface area contributed by atoms with Crippen LogP contribution in [0.25, 0.3) is 0 Å². The molecule has 4 nitrogen and oxygen atoms in total. The van der Waals surface area contributed by atoms with E-state index in [4.69, 9.17) is 0 Å². The van der Waals surface area contributed by atoms with Crippen LogP contribution in [0.5, 0.6) is 5.75 Å². The average molecular weight is 247 g/mol. The van der Waals surface area contributed by atoms with Crippen LogP contribution in [-0.4, -0.2) is 37.2 Å². The van der Waals surface area contributed by atoms with Gasteiger partial charge in [-0.05, 0) is 56.8 Å². The fourth-order valence-corrected chi connectivity index (χ4v) is 1.83. The van der Waals surface area contributed by atoms with Crippen molar-refractivity contribution < 1.29 is 5.11 Å². The Kier molecular flexibility index (Phi) is 5.14. The molecule has 2 N–H and O–H groups in total. The number of hydrogen-bond donors (Lipinski definition) is 2. The summed E-state index contributed by atoms with van der Waals surface area (Å²) in [5.41, 5.74) is 2.52. The molecule has 1 aromatic carbocycles. The number of phenols is 1. The van der Waals surface area contributed by atoms with E-state index in [2.05, 4.69) is 16.3 Å². The Bertz CT molecular complexity index is 426. The van der Waals surface area contributed by atoms with Crippen molar-refractivity contribution in [3.63, 3.8) is 0 Å². The van der Waals surface area contributed by atoms with Crippen molar-refractivity contribution in [2.75, 3.05) is 27.2 Å². The summed E-state index contributed by atoms with van der Waals surface area (Å²) >= 11 is 0. The smallest absolute Gasteiger partial charge is 0.121 e. The molecule has 0 radical (unpaired) electrons. The number of nitrogens with zero attached hydrogens (tertiary/aromatic N) is 2. The van der Waals surface area contributed by atoms with E-state index < -0.39 is 0 Å². The molecule has 1 aromatic rings. The lowest BCUT2D eigenvalue weighted by Crippen LogP contribution is -2.29. The predicted molar refractivity (Wildman–Crippen MR) is 72.5 cm³/mol. The van der Waals surface area contributed by atoms with Gasteiger partial charge >= 0.3 is 0 Å². The minimum absolute atomic E-state index is 0.309. The van der Waals surface area contributed by atoms with Crippen molar-refractivity contribution in [1.82, 2.24) is 10.2 Å². The Hall–Kier alpha value is -1.57. The number of likely N-dealkylation sites (N-methyl/N-ethyl adjacent to an activating group) is 1. The highest BCUT2D eigenvalue weighted by molar-refractivity contribution is 5.44. The highest BCUT2D eigenvalue weighted by atomic mass is 16.3. The number of phenolic OH excluding ortho intramolecular Hbond substituents is 1. The first kappa shape index (κ1) is 14.5. The molecule has 0 aliphatic heterocycles. The fourth-order valence-electron chi connectivity index (χ4n) is 1.83. The molecule has 18 heavy (non-hydrogen) atoms. The largest absolute Gasteiger partial charge is 0.507 e. The zero-order valence-electron chi connectivity index (χ0n) is 11.5. The van der Waals surface area contributed by atoms with Gasteiger partial charge in [0.1, 0.15) is 11.8 Å². The monoisotopic (exact) mass is 247 g/mol. The van der Waals surface area contributed by atoms with Crippen molar-refractivity contribution in [2.24, 2.45) is 0 Å². The molecular weight excluding hydrogens is 226 g/mol. The van der Waals surface area contributed by atoms with Crippen LogP contribution in [-0.2, 0) is 0 Å². The van der Waals surface area contributed by atoms with Crippen LogP contribution in [0.15, 0.2) is 12.1 Å². The summed E-state index contributed by atoms with van der Waals surface area (Å²) in [7, 11) is 4.00. The van der Waals surface area contributed by atoms with E-state index in [1.807, 2.05) is 40.1 Å². The summed E-state index contributed by atoms with van der Waals surface area (Å²) in [4.78, 5) is 2.06. The molecule has 1 unspecified atom stereocenters. The maximum Gasteiger partial charge on any atom is 0.121 e. The molecule has 0 heterocycles. The predicted octanol–water partition coefficient (Wildman–Crippen LogP) is 1.72. The van der Waals surface area contributed by atoms with E-state index in [1.165, 1.54) is 0 Å². The SMILES string of the molecule is Cc1cc(C(C#N)NCCN(C)C)cc(C)c1O. The molecule has 1 atom stereocenters. The third-order valence-electron chi connectivity index (χ3n) is 2.88. The zero-order chi connectivity index (χ0) is 13.7. The van der Waals surface area contributed by atoms with Crippen LogP contribution in [0.4, 0.5) is 0 Å².